The van der Waals surface area contributed by atoms with Crippen molar-refractivity contribution in [3.63, 3.8) is 0 Å². The predicted octanol–water partition coefficient (Wildman–Crippen LogP) is 3.77. The third kappa shape index (κ3) is 4.58. The van der Waals surface area contributed by atoms with Crippen molar-refractivity contribution >= 4 is 22.9 Å². The summed E-state index contributed by atoms with van der Waals surface area (Å²) in [7, 11) is 1.65. The Hall–Kier alpha value is -2.47. The number of amides is 2. The Morgan fingerprint density at radius 1 is 1.04 bits per heavy atom. The third-order valence-corrected chi connectivity index (χ3v) is 5.28. The number of imide groups is 1. The molecular formula is C20H21NO4S. The molecule has 1 fully saturated rings. The number of benzene rings is 2. The van der Waals surface area contributed by atoms with Gasteiger partial charge < -0.3 is 9.47 Å². The number of carbonyl (C=O) groups is 2. The monoisotopic (exact) mass is 371 g/mol. The summed E-state index contributed by atoms with van der Waals surface area (Å²) < 4.78 is 11.0. The van der Waals surface area contributed by atoms with Crippen LogP contribution in [-0.4, -0.2) is 30.1 Å². The lowest BCUT2D eigenvalue weighted by atomic mass is 10.0. The first kappa shape index (κ1) is 18.3. The summed E-state index contributed by atoms with van der Waals surface area (Å²) in [6.45, 7) is 2.68. The highest BCUT2D eigenvalue weighted by molar-refractivity contribution is 8.15. The van der Waals surface area contributed by atoms with Crippen LogP contribution in [0.25, 0.3) is 0 Å². The lowest BCUT2D eigenvalue weighted by Crippen LogP contribution is -2.25. The summed E-state index contributed by atoms with van der Waals surface area (Å²) in [5.74, 6) is 1.67. The molecule has 0 bridgehead atoms. The summed E-state index contributed by atoms with van der Waals surface area (Å²) in [5.41, 5.74) is 2.19. The van der Waals surface area contributed by atoms with Gasteiger partial charge in [-0.1, -0.05) is 43.0 Å². The Labute approximate surface area is 157 Å². The van der Waals surface area contributed by atoms with Gasteiger partial charge in [0.25, 0.3) is 5.24 Å². The van der Waals surface area contributed by atoms with E-state index in [0.717, 1.165) is 28.8 Å². The molecule has 1 aliphatic heterocycles. The van der Waals surface area contributed by atoms with E-state index in [9.17, 15) is 9.59 Å². The number of ether oxygens (including phenoxy) is 2. The fourth-order valence-corrected chi connectivity index (χ4v) is 3.57. The highest BCUT2D eigenvalue weighted by Crippen LogP contribution is 2.25. The fraction of sp³-hybridized carbons (Fsp3) is 0.300. The van der Waals surface area contributed by atoms with Crippen molar-refractivity contribution in [2.75, 3.05) is 13.7 Å². The lowest BCUT2D eigenvalue weighted by molar-refractivity contribution is -0.118. The Bertz CT molecular complexity index is 773. The second-order valence-corrected chi connectivity index (χ2v) is 7.39. The van der Waals surface area contributed by atoms with Crippen LogP contribution in [0.2, 0.25) is 0 Å². The van der Waals surface area contributed by atoms with Crippen molar-refractivity contribution in [2.24, 2.45) is 0 Å². The van der Waals surface area contributed by atoms with E-state index in [2.05, 4.69) is 12.2 Å². The van der Waals surface area contributed by atoms with Crippen LogP contribution in [0, 0.1) is 0 Å². The number of carbonyl (C=O) groups excluding carboxylic acids is 2. The third-order valence-electron chi connectivity index (χ3n) is 4.30. The van der Waals surface area contributed by atoms with E-state index in [1.807, 2.05) is 48.5 Å². The molecule has 136 valence electrons. The zero-order chi connectivity index (χ0) is 18.5. The first-order valence-electron chi connectivity index (χ1n) is 8.42. The van der Waals surface area contributed by atoms with Gasteiger partial charge in [0.2, 0.25) is 5.91 Å². The number of rotatable bonds is 7. The number of hydrogen-bond acceptors (Lipinski definition) is 5. The van der Waals surface area contributed by atoms with Crippen molar-refractivity contribution in [3.8, 4) is 11.5 Å². The summed E-state index contributed by atoms with van der Waals surface area (Å²) in [5, 5.41) is 1.69. The fourth-order valence-electron chi connectivity index (χ4n) is 2.71. The molecule has 1 N–H and O–H groups in total. The van der Waals surface area contributed by atoms with Gasteiger partial charge in [0, 0.05) is 5.92 Å². The van der Waals surface area contributed by atoms with Crippen LogP contribution in [0.4, 0.5) is 4.79 Å². The number of thioether (sulfide) groups is 1. The molecule has 2 aromatic rings. The average Bonchev–Trinajstić information content (AvgIpc) is 2.98. The van der Waals surface area contributed by atoms with Gasteiger partial charge in [0.05, 0.1) is 19.0 Å². The maximum atomic E-state index is 11.6. The van der Waals surface area contributed by atoms with Crippen LogP contribution in [0.3, 0.4) is 0 Å². The zero-order valence-electron chi connectivity index (χ0n) is 14.7. The molecule has 0 saturated carbocycles. The minimum atomic E-state index is -0.343. The molecule has 26 heavy (non-hydrogen) atoms. The molecule has 0 aromatic heterocycles. The molecule has 0 aliphatic carbocycles. The predicted molar refractivity (Wildman–Crippen MR) is 102 cm³/mol. The molecule has 2 aromatic carbocycles. The molecule has 1 aliphatic rings. The first-order chi connectivity index (χ1) is 12.5. The molecule has 3 rings (SSSR count). The van der Waals surface area contributed by atoms with Crippen molar-refractivity contribution in [3.05, 3.63) is 59.7 Å². The zero-order valence-corrected chi connectivity index (χ0v) is 15.5. The molecule has 1 unspecified atom stereocenters. The van der Waals surface area contributed by atoms with Crippen LogP contribution in [0.5, 0.6) is 11.5 Å². The number of methoxy groups -OCH3 is 1. The van der Waals surface area contributed by atoms with E-state index in [0.29, 0.717) is 13.0 Å². The van der Waals surface area contributed by atoms with Crippen LogP contribution in [0.15, 0.2) is 48.5 Å². The molecule has 5 nitrogen and oxygen atoms in total. The van der Waals surface area contributed by atoms with Gasteiger partial charge in [-0.2, -0.15) is 0 Å². The van der Waals surface area contributed by atoms with Gasteiger partial charge >= 0.3 is 0 Å². The molecule has 1 heterocycles. The standard InChI is InChI=1S/C20H21NO4S/c1-13(15-5-9-16(24-2)10-6-15)12-25-17-7-3-14(4-8-17)11-18-19(22)21-20(23)26-18/h3-10,13,18H,11-12H2,1-2H3,(H,21,22,23)/t13-,18?/m1/s1. The van der Waals surface area contributed by atoms with Crippen LogP contribution in [0.1, 0.15) is 24.0 Å². The van der Waals surface area contributed by atoms with Crippen molar-refractivity contribution in [1.29, 1.82) is 0 Å². The van der Waals surface area contributed by atoms with E-state index in [1.54, 1.807) is 7.11 Å². The Morgan fingerprint density at radius 3 is 2.27 bits per heavy atom. The van der Waals surface area contributed by atoms with Gasteiger partial charge in [-0.05, 0) is 41.8 Å². The van der Waals surface area contributed by atoms with Crippen LogP contribution in [-0.2, 0) is 11.2 Å². The Balaban J connectivity index is 1.52. The maximum Gasteiger partial charge on any atom is 0.286 e. The summed E-state index contributed by atoms with van der Waals surface area (Å²) in [6.07, 6.45) is 0.533. The summed E-state index contributed by atoms with van der Waals surface area (Å²) in [4.78, 5) is 22.8. The first-order valence-corrected chi connectivity index (χ1v) is 9.30. The molecule has 2 atom stereocenters. The van der Waals surface area contributed by atoms with Crippen molar-refractivity contribution in [2.45, 2.75) is 24.5 Å². The summed E-state index contributed by atoms with van der Waals surface area (Å²) >= 11 is 1.05. The van der Waals surface area contributed by atoms with E-state index >= 15 is 0 Å². The van der Waals surface area contributed by atoms with Crippen LogP contribution >= 0.6 is 11.8 Å². The van der Waals surface area contributed by atoms with Crippen LogP contribution < -0.4 is 14.8 Å². The van der Waals surface area contributed by atoms with Crippen molar-refractivity contribution < 1.29 is 19.1 Å². The van der Waals surface area contributed by atoms with Gasteiger partial charge in [-0.25, -0.2) is 0 Å². The van der Waals surface area contributed by atoms with Gasteiger partial charge in [0.1, 0.15) is 11.5 Å². The molecule has 6 heteroatoms. The minimum absolute atomic E-state index is 0.214. The molecular weight excluding hydrogens is 350 g/mol. The Morgan fingerprint density at radius 2 is 1.69 bits per heavy atom. The SMILES string of the molecule is COc1ccc([C@H](C)COc2ccc(CC3SC(=O)NC3=O)cc2)cc1. The van der Waals surface area contributed by atoms with Gasteiger partial charge in [-0.3, -0.25) is 14.9 Å². The molecule has 0 radical (unpaired) electrons. The number of hydrogen-bond donors (Lipinski definition) is 1. The highest BCUT2D eigenvalue weighted by atomic mass is 32.2. The Kier molecular flexibility index (Phi) is 5.83. The van der Waals surface area contributed by atoms with E-state index in [-0.39, 0.29) is 22.3 Å². The molecule has 2 amide bonds. The normalized spacial score (nSPS) is 17.7. The lowest BCUT2D eigenvalue weighted by Gasteiger charge is -2.14. The maximum absolute atomic E-state index is 11.6. The van der Waals surface area contributed by atoms with E-state index < -0.39 is 0 Å². The molecule has 0 spiro atoms. The highest BCUT2D eigenvalue weighted by Gasteiger charge is 2.31. The second-order valence-electron chi connectivity index (χ2n) is 6.22. The second kappa shape index (κ2) is 8.27. The quantitative estimate of drug-likeness (QED) is 0.803. The van der Waals surface area contributed by atoms with E-state index in [4.69, 9.17) is 9.47 Å². The largest absolute Gasteiger partial charge is 0.497 e. The minimum Gasteiger partial charge on any atom is -0.497 e. The summed E-state index contributed by atoms with van der Waals surface area (Å²) in [6, 6.07) is 15.6. The number of nitrogens with one attached hydrogen (secondary N) is 1. The van der Waals surface area contributed by atoms with Gasteiger partial charge in [0.15, 0.2) is 0 Å². The average molecular weight is 371 g/mol. The van der Waals surface area contributed by atoms with Gasteiger partial charge in [-0.15, -0.1) is 0 Å². The van der Waals surface area contributed by atoms with Crippen molar-refractivity contribution in [1.82, 2.24) is 5.32 Å². The smallest absolute Gasteiger partial charge is 0.286 e. The van der Waals surface area contributed by atoms with E-state index in [1.165, 1.54) is 5.56 Å². The topological polar surface area (TPSA) is 64.6 Å². The molecule has 1 saturated heterocycles.